The lowest BCUT2D eigenvalue weighted by Crippen LogP contribution is -2.68. The number of ether oxygens (including phenoxy) is 1. The summed E-state index contributed by atoms with van der Waals surface area (Å²) < 4.78 is 42.2. The number of benzene rings is 1. The Morgan fingerprint density at radius 2 is 2.26 bits per heavy atom. The molecule has 0 radical (unpaired) electrons. The van der Waals surface area contributed by atoms with E-state index in [1.165, 1.54) is 6.07 Å². The molecule has 1 atom stereocenters. The van der Waals surface area contributed by atoms with Crippen molar-refractivity contribution in [2.24, 2.45) is 0 Å². The van der Waals surface area contributed by atoms with Crippen molar-refractivity contribution >= 4 is 17.0 Å². The van der Waals surface area contributed by atoms with E-state index >= 15 is 0 Å². The van der Waals surface area contributed by atoms with Crippen LogP contribution < -0.4 is 9.62 Å². The molecule has 0 saturated carbocycles. The van der Waals surface area contributed by atoms with Crippen LogP contribution in [0, 0.1) is 5.82 Å². The maximum Gasteiger partial charge on any atom is 0.129 e. The fourth-order valence-electron chi connectivity index (χ4n) is 2.49. The molecule has 1 spiro atoms. The zero-order chi connectivity index (χ0) is 13.5. The van der Waals surface area contributed by atoms with Crippen molar-refractivity contribution in [3.05, 3.63) is 29.6 Å². The maximum absolute atomic E-state index is 13.8. The maximum atomic E-state index is 13.8. The van der Waals surface area contributed by atoms with Gasteiger partial charge in [0.2, 0.25) is 0 Å². The first kappa shape index (κ1) is 13.0. The third kappa shape index (κ3) is 2.51. The number of rotatable bonds is 4. The number of halogens is 1. The third-order valence-electron chi connectivity index (χ3n) is 3.71. The summed E-state index contributed by atoms with van der Waals surface area (Å²) in [6, 6.07) is 4.85. The Bertz CT molecular complexity index is 514. The molecule has 2 fully saturated rings. The first-order valence-corrected chi connectivity index (χ1v) is 7.16. The highest BCUT2D eigenvalue weighted by Gasteiger charge is 2.49. The average Bonchev–Trinajstić information content (AvgIpc) is 2.23. The summed E-state index contributed by atoms with van der Waals surface area (Å²) in [6.45, 7) is 2.39. The molecule has 0 aliphatic carbocycles. The molecule has 5 nitrogen and oxygen atoms in total. The zero-order valence-electron chi connectivity index (χ0n) is 10.2. The lowest BCUT2D eigenvalue weighted by molar-refractivity contribution is -0.160. The second-order valence-corrected chi connectivity index (χ2v) is 5.73. The molecular weight excluding hydrogens is 271 g/mol. The van der Waals surface area contributed by atoms with Crippen molar-refractivity contribution in [3.63, 3.8) is 0 Å². The van der Waals surface area contributed by atoms with Crippen LogP contribution >= 0.6 is 0 Å². The molecule has 1 N–H and O–H groups in total. The van der Waals surface area contributed by atoms with Crippen LogP contribution in [0.1, 0.15) is 12.0 Å². The fraction of sp³-hybridized carbons (Fsp3) is 0.500. The van der Waals surface area contributed by atoms with E-state index in [-0.39, 0.29) is 12.1 Å². The minimum absolute atomic E-state index is 0.0101. The summed E-state index contributed by atoms with van der Waals surface area (Å²) in [7, 11) is 0. The Labute approximate surface area is 113 Å². The van der Waals surface area contributed by atoms with E-state index in [4.69, 9.17) is 4.74 Å². The molecule has 7 heteroatoms. The van der Waals surface area contributed by atoms with Gasteiger partial charge in [0.15, 0.2) is 0 Å². The van der Waals surface area contributed by atoms with E-state index in [0.29, 0.717) is 5.56 Å². The summed E-state index contributed by atoms with van der Waals surface area (Å²) in [6.07, 6.45) is 1.07. The zero-order valence-corrected chi connectivity index (χ0v) is 11.0. The molecule has 104 valence electrons. The smallest absolute Gasteiger partial charge is 0.129 e. The van der Waals surface area contributed by atoms with Crippen LogP contribution in [0.5, 0.6) is 0 Å². The van der Waals surface area contributed by atoms with E-state index in [0.717, 1.165) is 31.8 Å². The fourth-order valence-corrected chi connectivity index (χ4v) is 2.76. The molecule has 1 aromatic carbocycles. The number of hydrogen-bond donors (Lipinski definition) is 1. The molecule has 0 amide bonds. The van der Waals surface area contributed by atoms with Crippen LogP contribution in [-0.2, 0) is 22.5 Å². The minimum atomic E-state index is -2.38. The predicted octanol–water partition coefficient (Wildman–Crippen LogP) is 0.689. The van der Waals surface area contributed by atoms with Crippen LogP contribution in [0.2, 0.25) is 0 Å². The monoisotopic (exact) mass is 285 g/mol. The van der Waals surface area contributed by atoms with Gasteiger partial charge < -0.3 is 14.2 Å². The van der Waals surface area contributed by atoms with Gasteiger partial charge in [-0.05, 0) is 12.1 Å². The van der Waals surface area contributed by atoms with Crippen LogP contribution in [0.15, 0.2) is 18.2 Å². The van der Waals surface area contributed by atoms with Crippen molar-refractivity contribution < 1.29 is 17.9 Å². The van der Waals surface area contributed by atoms with Crippen molar-refractivity contribution in [1.29, 1.82) is 0 Å². The molecule has 0 bridgehead atoms. The second-order valence-electron chi connectivity index (χ2n) is 4.97. The number of anilines is 1. The van der Waals surface area contributed by atoms with E-state index < -0.39 is 17.1 Å². The van der Waals surface area contributed by atoms with Crippen LogP contribution in [0.4, 0.5) is 10.1 Å². The largest absolute Gasteiger partial charge is 0.760 e. The van der Waals surface area contributed by atoms with Gasteiger partial charge >= 0.3 is 0 Å². The summed E-state index contributed by atoms with van der Waals surface area (Å²) in [5.74, 6) is -0.397. The van der Waals surface area contributed by atoms with Crippen molar-refractivity contribution in [2.75, 3.05) is 24.6 Å². The molecule has 2 heterocycles. The lowest BCUT2D eigenvalue weighted by atomic mass is 9.86. The molecule has 1 unspecified atom stereocenters. The van der Waals surface area contributed by atoms with Crippen molar-refractivity contribution in [2.45, 2.75) is 18.6 Å². The highest BCUT2D eigenvalue weighted by Crippen LogP contribution is 2.38. The molecule has 1 aromatic rings. The summed E-state index contributed by atoms with van der Waals surface area (Å²) in [5, 5.41) is 0. The molecule has 0 aromatic heterocycles. The van der Waals surface area contributed by atoms with Crippen LogP contribution in [0.25, 0.3) is 0 Å². The van der Waals surface area contributed by atoms with Gasteiger partial charge in [0.05, 0.1) is 6.61 Å². The summed E-state index contributed by atoms with van der Waals surface area (Å²) in [5.41, 5.74) is 1.16. The van der Waals surface area contributed by atoms with Crippen molar-refractivity contribution in [1.82, 2.24) is 4.72 Å². The standard InChI is InChI=1S/C12H15FN2O3S/c13-11-5-10(2-1-9(11)6-14-19(16)17)15-7-12(8-15)3-4-18-12/h1-2,5,14H,3-4,6-8H2,(H,16,17)/p-1. The first-order valence-electron chi connectivity index (χ1n) is 6.08. The van der Waals surface area contributed by atoms with Gasteiger partial charge in [0.1, 0.15) is 11.4 Å². The van der Waals surface area contributed by atoms with Crippen LogP contribution in [-0.4, -0.2) is 34.1 Å². The van der Waals surface area contributed by atoms with Gasteiger partial charge in [0.25, 0.3) is 0 Å². The highest BCUT2D eigenvalue weighted by atomic mass is 32.2. The molecular formula is C12H14FN2O3S-. The molecule has 19 heavy (non-hydrogen) atoms. The number of nitrogens with one attached hydrogen (secondary N) is 1. The minimum Gasteiger partial charge on any atom is -0.760 e. The second kappa shape index (κ2) is 4.82. The highest BCUT2D eigenvalue weighted by molar-refractivity contribution is 7.77. The Hall–Kier alpha value is -1.02. The van der Waals surface area contributed by atoms with E-state index in [9.17, 15) is 13.2 Å². The molecule has 3 rings (SSSR count). The molecule has 2 saturated heterocycles. The van der Waals surface area contributed by atoms with Gasteiger partial charge in [0, 0.05) is 48.6 Å². The quantitative estimate of drug-likeness (QED) is 0.827. The topological polar surface area (TPSA) is 64.6 Å². The van der Waals surface area contributed by atoms with Crippen molar-refractivity contribution in [3.8, 4) is 0 Å². The summed E-state index contributed by atoms with van der Waals surface area (Å²) in [4.78, 5) is 2.06. The number of hydrogen-bond acceptors (Lipinski definition) is 4. The van der Waals surface area contributed by atoms with Gasteiger partial charge in [-0.2, -0.15) is 0 Å². The van der Waals surface area contributed by atoms with Gasteiger partial charge in [-0.15, -0.1) is 0 Å². The first-order chi connectivity index (χ1) is 9.08. The van der Waals surface area contributed by atoms with E-state index in [2.05, 4.69) is 9.62 Å². The van der Waals surface area contributed by atoms with Crippen LogP contribution in [0.3, 0.4) is 0 Å². The SMILES string of the molecule is O=S([O-])NCc1ccc(N2CC3(CCO3)C2)cc1F. The van der Waals surface area contributed by atoms with Gasteiger partial charge in [-0.1, -0.05) is 6.07 Å². The van der Waals surface area contributed by atoms with E-state index in [1.807, 2.05) is 0 Å². The Balaban J connectivity index is 1.64. The van der Waals surface area contributed by atoms with Gasteiger partial charge in [-0.25, -0.2) is 9.11 Å². The van der Waals surface area contributed by atoms with E-state index in [1.54, 1.807) is 12.1 Å². The third-order valence-corrected chi connectivity index (χ3v) is 4.09. The average molecular weight is 285 g/mol. The van der Waals surface area contributed by atoms with Gasteiger partial charge in [-0.3, -0.25) is 4.21 Å². The summed E-state index contributed by atoms with van der Waals surface area (Å²) >= 11 is -2.38. The Morgan fingerprint density at radius 3 is 2.79 bits per heavy atom. The normalized spacial score (nSPS) is 21.9. The molecule has 2 aliphatic heterocycles. The number of nitrogens with zero attached hydrogens (tertiary/aromatic N) is 1. The Morgan fingerprint density at radius 1 is 1.53 bits per heavy atom. The Kier molecular flexibility index (Phi) is 3.30. The lowest BCUT2D eigenvalue weighted by Gasteiger charge is -2.56. The molecule has 2 aliphatic rings. The predicted molar refractivity (Wildman–Crippen MR) is 67.7 cm³/mol.